The van der Waals surface area contributed by atoms with Crippen LogP contribution in [0.3, 0.4) is 0 Å². The van der Waals surface area contributed by atoms with Crippen molar-refractivity contribution in [2.45, 2.75) is 26.3 Å². The molecule has 0 saturated heterocycles. The van der Waals surface area contributed by atoms with Crippen LogP contribution in [0, 0.1) is 0 Å². The number of nitrogens with one attached hydrogen (secondary N) is 1. The molecule has 0 saturated carbocycles. The number of rotatable bonds is 6. The molecule has 0 aliphatic heterocycles. The van der Waals surface area contributed by atoms with Gasteiger partial charge in [0.1, 0.15) is 17.8 Å². The Morgan fingerprint density at radius 1 is 1.12 bits per heavy atom. The van der Waals surface area contributed by atoms with E-state index in [0.717, 1.165) is 5.56 Å². The average molecular weight is 335 g/mol. The van der Waals surface area contributed by atoms with Crippen LogP contribution in [0.25, 0.3) is 0 Å². The summed E-state index contributed by atoms with van der Waals surface area (Å²) in [6.07, 6.45) is 4.96. The largest absolute Gasteiger partial charge is 0.437 e. The van der Waals surface area contributed by atoms with Crippen molar-refractivity contribution in [1.29, 1.82) is 0 Å². The van der Waals surface area contributed by atoms with Gasteiger partial charge in [0.2, 0.25) is 5.88 Å². The third kappa shape index (κ3) is 4.23. The van der Waals surface area contributed by atoms with Crippen molar-refractivity contribution < 1.29 is 4.74 Å². The summed E-state index contributed by atoms with van der Waals surface area (Å²) in [6.45, 7) is 4.87. The molecule has 6 nitrogen and oxygen atoms in total. The summed E-state index contributed by atoms with van der Waals surface area (Å²) in [5, 5.41) is 3.18. The van der Waals surface area contributed by atoms with Gasteiger partial charge >= 0.3 is 0 Å². The minimum atomic E-state index is 0.334. The third-order valence-corrected chi connectivity index (χ3v) is 3.79. The molecule has 0 aliphatic rings. The van der Waals surface area contributed by atoms with E-state index in [1.807, 2.05) is 36.4 Å². The number of pyridine rings is 1. The predicted octanol–water partition coefficient (Wildman–Crippen LogP) is 3.98. The molecule has 0 fully saturated rings. The minimum absolute atomic E-state index is 0.334. The fourth-order valence-electron chi connectivity index (χ4n) is 2.32. The summed E-state index contributed by atoms with van der Waals surface area (Å²) in [5.41, 5.74) is 8.81. The van der Waals surface area contributed by atoms with E-state index in [0.29, 0.717) is 35.6 Å². The molecule has 0 unspecified atom stereocenters. The molecular weight excluding hydrogens is 314 g/mol. The second-order valence-electron chi connectivity index (χ2n) is 5.98. The van der Waals surface area contributed by atoms with E-state index in [9.17, 15) is 0 Å². The zero-order chi connectivity index (χ0) is 17.6. The van der Waals surface area contributed by atoms with Gasteiger partial charge in [-0.05, 0) is 35.2 Å². The molecule has 0 amide bonds. The van der Waals surface area contributed by atoms with E-state index in [4.69, 9.17) is 10.5 Å². The third-order valence-electron chi connectivity index (χ3n) is 3.79. The fourth-order valence-corrected chi connectivity index (χ4v) is 2.32. The second-order valence-corrected chi connectivity index (χ2v) is 5.98. The van der Waals surface area contributed by atoms with Crippen LogP contribution >= 0.6 is 0 Å². The van der Waals surface area contributed by atoms with Crippen LogP contribution < -0.4 is 15.8 Å². The van der Waals surface area contributed by atoms with Crippen LogP contribution in [0.1, 0.15) is 30.9 Å². The summed E-state index contributed by atoms with van der Waals surface area (Å²) in [4.78, 5) is 12.4. The van der Waals surface area contributed by atoms with Gasteiger partial charge in [-0.2, -0.15) is 4.98 Å². The molecule has 2 aromatic heterocycles. The quantitative estimate of drug-likeness (QED) is 0.708. The Kier molecular flexibility index (Phi) is 5.09. The summed E-state index contributed by atoms with van der Waals surface area (Å²) < 4.78 is 5.81. The molecule has 3 aromatic rings. The number of anilines is 2. The number of benzene rings is 1. The molecule has 0 aliphatic carbocycles. The predicted molar refractivity (Wildman–Crippen MR) is 98.6 cm³/mol. The van der Waals surface area contributed by atoms with Gasteiger partial charge in [0.05, 0.1) is 0 Å². The summed E-state index contributed by atoms with van der Waals surface area (Å²) in [5.74, 6) is 2.03. The number of hydrogen-bond acceptors (Lipinski definition) is 6. The van der Waals surface area contributed by atoms with Crippen LogP contribution in [0.5, 0.6) is 11.6 Å². The standard InChI is InChI=1S/C19H21N5O/c1-13(2)15-5-7-16(8-6-15)25-19-17(20)18(23-12-24-19)22-11-14-4-3-9-21-10-14/h3-10,12-13H,11,20H2,1-2H3,(H,22,23,24). The Labute approximate surface area is 147 Å². The number of nitrogen functional groups attached to an aromatic ring is 1. The molecule has 25 heavy (non-hydrogen) atoms. The Hall–Kier alpha value is -3.15. The summed E-state index contributed by atoms with van der Waals surface area (Å²) in [6, 6.07) is 11.8. The van der Waals surface area contributed by atoms with Gasteiger partial charge in [0.15, 0.2) is 5.82 Å². The van der Waals surface area contributed by atoms with Gasteiger partial charge in [-0.15, -0.1) is 0 Å². The van der Waals surface area contributed by atoms with E-state index < -0.39 is 0 Å². The lowest BCUT2D eigenvalue weighted by Crippen LogP contribution is -2.07. The van der Waals surface area contributed by atoms with E-state index in [-0.39, 0.29) is 0 Å². The van der Waals surface area contributed by atoms with Crippen molar-refractivity contribution >= 4 is 11.5 Å². The van der Waals surface area contributed by atoms with Gasteiger partial charge in [-0.1, -0.05) is 32.0 Å². The lowest BCUT2D eigenvalue weighted by molar-refractivity contribution is 0.464. The lowest BCUT2D eigenvalue weighted by atomic mass is 10.0. The Balaban J connectivity index is 1.72. The van der Waals surface area contributed by atoms with Gasteiger partial charge in [-0.3, -0.25) is 4.98 Å². The summed E-state index contributed by atoms with van der Waals surface area (Å²) >= 11 is 0. The highest BCUT2D eigenvalue weighted by atomic mass is 16.5. The van der Waals surface area contributed by atoms with E-state index in [1.54, 1.807) is 12.4 Å². The first-order valence-corrected chi connectivity index (χ1v) is 8.14. The molecule has 0 bridgehead atoms. The Bertz CT molecular complexity index is 819. The van der Waals surface area contributed by atoms with Crippen molar-refractivity contribution in [3.05, 3.63) is 66.2 Å². The fraction of sp³-hybridized carbons (Fsp3) is 0.211. The van der Waals surface area contributed by atoms with Crippen molar-refractivity contribution in [2.75, 3.05) is 11.1 Å². The number of aromatic nitrogens is 3. The zero-order valence-electron chi connectivity index (χ0n) is 14.3. The van der Waals surface area contributed by atoms with Crippen LogP contribution in [-0.4, -0.2) is 15.0 Å². The maximum atomic E-state index is 6.15. The number of nitrogens with zero attached hydrogens (tertiary/aromatic N) is 3. The molecular formula is C19H21N5O. The molecule has 0 radical (unpaired) electrons. The van der Waals surface area contributed by atoms with Gasteiger partial charge in [0.25, 0.3) is 0 Å². The maximum Gasteiger partial charge on any atom is 0.248 e. The Morgan fingerprint density at radius 3 is 2.60 bits per heavy atom. The zero-order valence-corrected chi connectivity index (χ0v) is 14.3. The van der Waals surface area contributed by atoms with Crippen LogP contribution in [0.15, 0.2) is 55.1 Å². The molecule has 2 heterocycles. The number of ether oxygens (including phenoxy) is 1. The van der Waals surface area contributed by atoms with Crippen LogP contribution in [0.2, 0.25) is 0 Å². The Morgan fingerprint density at radius 2 is 1.92 bits per heavy atom. The molecule has 128 valence electrons. The molecule has 0 atom stereocenters. The van der Waals surface area contributed by atoms with Gasteiger partial charge in [0, 0.05) is 18.9 Å². The summed E-state index contributed by atoms with van der Waals surface area (Å²) in [7, 11) is 0. The van der Waals surface area contributed by atoms with Gasteiger partial charge in [-0.25, -0.2) is 4.98 Å². The molecule has 1 aromatic carbocycles. The first-order chi connectivity index (χ1) is 12.1. The second kappa shape index (κ2) is 7.61. The van der Waals surface area contributed by atoms with Gasteiger partial charge < -0.3 is 15.8 Å². The topological polar surface area (TPSA) is 86.0 Å². The normalized spacial score (nSPS) is 10.7. The number of nitrogens with two attached hydrogens (primary N) is 1. The van der Waals surface area contributed by atoms with Crippen LogP contribution in [-0.2, 0) is 6.54 Å². The first-order valence-electron chi connectivity index (χ1n) is 8.14. The van der Waals surface area contributed by atoms with Crippen molar-refractivity contribution in [3.8, 4) is 11.6 Å². The van der Waals surface area contributed by atoms with Crippen molar-refractivity contribution in [1.82, 2.24) is 15.0 Å². The van der Waals surface area contributed by atoms with E-state index in [1.165, 1.54) is 11.9 Å². The van der Waals surface area contributed by atoms with E-state index in [2.05, 4.69) is 34.1 Å². The molecule has 3 N–H and O–H groups in total. The minimum Gasteiger partial charge on any atom is -0.437 e. The van der Waals surface area contributed by atoms with Crippen LogP contribution in [0.4, 0.5) is 11.5 Å². The van der Waals surface area contributed by atoms with Crippen molar-refractivity contribution in [3.63, 3.8) is 0 Å². The maximum absolute atomic E-state index is 6.15. The molecule has 6 heteroatoms. The average Bonchev–Trinajstić information content (AvgIpc) is 2.64. The number of hydrogen-bond donors (Lipinski definition) is 2. The molecule has 3 rings (SSSR count). The van der Waals surface area contributed by atoms with Crippen molar-refractivity contribution in [2.24, 2.45) is 0 Å². The lowest BCUT2D eigenvalue weighted by Gasteiger charge is -2.12. The highest BCUT2D eigenvalue weighted by Crippen LogP contribution is 2.30. The highest BCUT2D eigenvalue weighted by Gasteiger charge is 2.10. The SMILES string of the molecule is CC(C)c1ccc(Oc2ncnc(NCc3cccnc3)c2N)cc1. The molecule has 0 spiro atoms. The first kappa shape index (κ1) is 16.7. The highest BCUT2D eigenvalue weighted by molar-refractivity contribution is 5.67. The van der Waals surface area contributed by atoms with E-state index >= 15 is 0 Å². The smallest absolute Gasteiger partial charge is 0.248 e. The monoisotopic (exact) mass is 335 g/mol.